The van der Waals surface area contributed by atoms with Crippen molar-refractivity contribution in [3.05, 3.63) is 23.9 Å². The van der Waals surface area contributed by atoms with Crippen molar-refractivity contribution in [2.24, 2.45) is 11.5 Å². The van der Waals surface area contributed by atoms with Gasteiger partial charge in [0.15, 0.2) is 0 Å². The maximum absolute atomic E-state index is 11.0. The number of amides is 2. The number of hydrogen-bond donors (Lipinski definition) is 3. The lowest BCUT2D eigenvalue weighted by Gasteiger charge is -2.18. The summed E-state index contributed by atoms with van der Waals surface area (Å²) < 4.78 is 0. The van der Waals surface area contributed by atoms with Gasteiger partial charge in [-0.25, -0.2) is 4.98 Å². The standard InChI is InChI=1S/C13H21N5O2/c1-2-6-16-13-5-3-4-10(17-13)7-18(8-11(14)19)9-12(15)20/h3-5H,2,6-9H2,1H3,(H2,14,19)(H2,15,20)(H,16,17). The van der Waals surface area contributed by atoms with Gasteiger partial charge < -0.3 is 16.8 Å². The van der Waals surface area contributed by atoms with Crippen LogP contribution in [0, 0.1) is 0 Å². The Morgan fingerprint density at radius 1 is 1.25 bits per heavy atom. The van der Waals surface area contributed by atoms with Crippen molar-refractivity contribution in [1.82, 2.24) is 9.88 Å². The van der Waals surface area contributed by atoms with Gasteiger partial charge in [0.2, 0.25) is 11.8 Å². The lowest BCUT2D eigenvalue weighted by molar-refractivity contribution is -0.122. The molecule has 110 valence electrons. The van der Waals surface area contributed by atoms with E-state index in [1.807, 2.05) is 18.2 Å². The molecule has 1 aromatic rings. The molecule has 0 aliphatic heterocycles. The fraction of sp³-hybridized carbons (Fsp3) is 0.462. The predicted octanol–water partition coefficient (Wildman–Crippen LogP) is -0.324. The summed E-state index contributed by atoms with van der Waals surface area (Å²) >= 11 is 0. The minimum Gasteiger partial charge on any atom is -0.370 e. The van der Waals surface area contributed by atoms with E-state index in [2.05, 4.69) is 17.2 Å². The van der Waals surface area contributed by atoms with Crippen molar-refractivity contribution in [2.75, 3.05) is 25.0 Å². The molecule has 0 spiro atoms. The van der Waals surface area contributed by atoms with Crippen LogP contribution in [0.3, 0.4) is 0 Å². The number of nitrogens with two attached hydrogens (primary N) is 2. The average molecular weight is 279 g/mol. The van der Waals surface area contributed by atoms with Crippen LogP contribution in [0.15, 0.2) is 18.2 Å². The summed E-state index contributed by atoms with van der Waals surface area (Å²) in [5, 5.41) is 3.18. The van der Waals surface area contributed by atoms with Gasteiger partial charge in [-0.15, -0.1) is 0 Å². The van der Waals surface area contributed by atoms with Gasteiger partial charge in [-0.05, 0) is 18.6 Å². The summed E-state index contributed by atoms with van der Waals surface area (Å²) in [6, 6.07) is 5.56. The van der Waals surface area contributed by atoms with Gasteiger partial charge >= 0.3 is 0 Å². The van der Waals surface area contributed by atoms with Crippen molar-refractivity contribution < 1.29 is 9.59 Å². The molecular formula is C13H21N5O2. The van der Waals surface area contributed by atoms with Crippen LogP contribution in [-0.4, -0.2) is 41.3 Å². The molecule has 0 radical (unpaired) electrons. The molecule has 0 atom stereocenters. The van der Waals surface area contributed by atoms with Gasteiger partial charge in [0.25, 0.3) is 0 Å². The third-order valence-electron chi connectivity index (χ3n) is 2.51. The first-order valence-electron chi connectivity index (χ1n) is 6.50. The van der Waals surface area contributed by atoms with Crippen LogP contribution in [0.4, 0.5) is 5.82 Å². The molecular weight excluding hydrogens is 258 g/mol. The van der Waals surface area contributed by atoms with E-state index in [9.17, 15) is 9.59 Å². The van der Waals surface area contributed by atoms with Gasteiger partial charge in [-0.2, -0.15) is 0 Å². The topological polar surface area (TPSA) is 114 Å². The fourth-order valence-electron chi connectivity index (χ4n) is 1.76. The van der Waals surface area contributed by atoms with E-state index in [0.29, 0.717) is 6.54 Å². The highest BCUT2D eigenvalue weighted by molar-refractivity contribution is 5.79. The van der Waals surface area contributed by atoms with E-state index in [1.165, 1.54) is 0 Å². The van der Waals surface area contributed by atoms with E-state index >= 15 is 0 Å². The summed E-state index contributed by atoms with van der Waals surface area (Å²) in [7, 11) is 0. The van der Waals surface area contributed by atoms with Crippen LogP contribution in [0.5, 0.6) is 0 Å². The van der Waals surface area contributed by atoms with Crippen LogP contribution < -0.4 is 16.8 Å². The molecule has 5 N–H and O–H groups in total. The third kappa shape index (κ3) is 6.14. The lowest BCUT2D eigenvalue weighted by atomic mass is 10.3. The van der Waals surface area contributed by atoms with Gasteiger partial charge in [0.1, 0.15) is 5.82 Å². The molecule has 7 heteroatoms. The number of carbonyl (C=O) groups is 2. The van der Waals surface area contributed by atoms with Gasteiger partial charge in [0, 0.05) is 13.1 Å². The molecule has 1 heterocycles. The Bertz CT molecular complexity index is 448. The minimum absolute atomic E-state index is 0.0305. The Balaban J connectivity index is 2.71. The molecule has 2 amide bonds. The lowest BCUT2D eigenvalue weighted by Crippen LogP contribution is -2.39. The number of carbonyl (C=O) groups excluding carboxylic acids is 2. The van der Waals surface area contributed by atoms with Crippen molar-refractivity contribution in [2.45, 2.75) is 19.9 Å². The maximum atomic E-state index is 11.0. The number of nitrogens with one attached hydrogen (secondary N) is 1. The zero-order chi connectivity index (χ0) is 15.0. The Kier molecular flexibility index (Phi) is 6.45. The van der Waals surface area contributed by atoms with E-state index in [0.717, 1.165) is 24.5 Å². The van der Waals surface area contributed by atoms with Gasteiger partial charge in [0.05, 0.1) is 18.8 Å². The molecule has 0 saturated heterocycles. The Morgan fingerprint density at radius 3 is 2.45 bits per heavy atom. The predicted molar refractivity (Wildman–Crippen MR) is 76.7 cm³/mol. The van der Waals surface area contributed by atoms with Crippen LogP contribution in [0.1, 0.15) is 19.0 Å². The van der Waals surface area contributed by atoms with Crippen molar-refractivity contribution in [1.29, 1.82) is 0 Å². The van der Waals surface area contributed by atoms with E-state index < -0.39 is 11.8 Å². The molecule has 0 aliphatic carbocycles. The monoisotopic (exact) mass is 279 g/mol. The smallest absolute Gasteiger partial charge is 0.231 e. The quantitative estimate of drug-likeness (QED) is 0.573. The summed E-state index contributed by atoms with van der Waals surface area (Å²) in [5.74, 6) is -0.250. The van der Waals surface area contributed by atoms with Crippen molar-refractivity contribution in [3.8, 4) is 0 Å². The Morgan fingerprint density at radius 2 is 1.90 bits per heavy atom. The third-order valence-corrected chi connectivity index (χ3v) is 2.51. The molecule has 0 unspecified atom stereocenters. The second-order valence-corrected chi connectivity index (χ2v) is 4.52. The van der Waals surface area contributed by atoms with E-state index in [-0.39, 0.29) is 13.1 Å². The molecule has 1 rings (SSSR count). The normalized spacial score (nSPS) is 10.5. The van der Waals surface area contributed by atoms with Crippen LogP contribution in [0.2, 0.25) is 0 Å². The molecule has 0 bridgehead atoms. The number of primary amides is 2. The van der Waals surface area contributed by atoms with E-state index in [1.54, 1.807) is 4.90 Å². The summed E-state index contributed by atoms with van der Waals surface area (Å²) in [6.45, 7) is 3.18. The van der Waals surface area contributed by atoms with Gasteiger partial charge in [-0.3, -0.25) is 14.5 Å². The zero-order valence-electron chi connectivity index (χ0n) is 11.6. The highest BCUT2D eigenvalue weighted by Crippen LogP contribution is 2.07. The second kappa shape index (κ2) is 8.11. The molecule has 0 fully saturated rings. The number of nitrogens with zero attached hydrogens (tertiary/aromatic N) is 2. The number of aromatic nitrogens is 1. The minimum atomic E-state index is -0.508. The van der Waals surface area contributed by atoms with Crippen molar-refractivity contribution >= 4 is 17.6 Å². The zero-order valence-corrected chi connectivity index (χ0v) is 11.6. The maximum Gasteiger partial charge on any atom is 0.231 e. The summed E-state index contributed by atoms with van der Waals surface area (Å²) in [6.07, 6.45) is 1.00. The first-order chi connectivity index (χ1) is 9.51. The van der Waals surface area contributed by atoms with Crippen LogP contribution >= 0.6 is 0 Å². The van der Waals surface area contributed by atoms with Crippen LogP contribution in [0.25, 0.3) is 0 Å². The largest absolute Gasteiger partial charge is 0.370 e. The average Bonchev–Trinajstić information content (AvgIpc) is 2.35. The van der Waals surface area contributed by atoms with Gasteiger partial charge in [-0.1, -0.05) is 13.0 Å². The van der Waals surface area contributed by atoms with Crippen LogP contribution in [-0.2, 0) is 16.1 Å². The number of pyridine rings is 1. The molecule has 0 saturated carbocycles. The molecule has 20 heavy (non-hydrogen) atoms. The number of hydrogen-bond acceptors (Lipinski definition) is 5. The summed E-state index contributed by atoms with van der Waals surface area (Å²) in [4.78, 5) is 27.9. The molecule has 1 aromatic heterocycles. The number of rotatable bonds is 9. The highest BCUT2D eigenvalue weighted by Gasteiger charge is 2.12. The first-order valence-corrected chi connectivity index (χ1v) is 6.50. The first kappa shape index (κ1) is 15.9. The second-order valence-electron chi connectivity index (χ2n) is 4.52. The highest BCUT2D eigenvalue weighted by atomic mass is 16.2. The fourth-order valence-corrected chi connectivity index (χ4v) is 1.76. The summed E-state index contributed by atoms with van der Waals surface area (Å²) in [5.41, 5.74) is 11.0. The Hall–Kier alpha value is -2.15. The molecule has 0 aromatic carbocycles. The number of anilines is 1. The Labute approximate surface area is 118 Å². The van der Waals surface area contributed by atoms with Crippen molar-refractivity contribution in [3.63, 3.8) is 0 Å². The molecule has 0 aliphatic rings. The molecule has 7 nitrogen and oxygen atoms in total. The van der Waals surface area contributed by atoms with E-state index in [4.69, 9.17) is 11.5 Å². The SMILES string of the molecule is CCCNc1cccc(CN(CC(N)=O)CC(N)=O)n1.